The maximum atomic E-state index is 8.87. The number of nitriles is 1. The van der Waals surface area contributed by atoms with E-state index in [4.69, 9.17) is 10.00 Å². The van der Waals surface area contributed by atoms with Gasteiger partial charge in [0, 0.05) is 18.3 Å². The molecule has 1 aromatic heterocycles. The second-order valence-electron chi connectivity index (χ2n) is 5.93. The van der Waals surface area contributed by atoms with E-state index in [1.54, 1.807) is 19.4 Å². The minimum atomic E-state index is 0.237. The normalized spacial score (nSPS) is 15.7. The summed E-state index contributed by atoms with van der Waals surface area (Å²) in [5.74, 6) is 1.71. The Bertz CT molecular complexity index is 702. The summed E-state index contributed by atoms with van der Waals surface area (Å²) >= 11 is 0. The number of ether oxygens (including phenoxy) is 1. The highest BCUT2D eigenvalue weighted by atomic mass is 16.5. The number of likely N-dealkylation sites (tertiary alicyclic amines) is 1. The molecule has 1 N–H and O–H groups in total. The number of pyridine rings is 1. The van der Waals surface area contributed by atoms with Crippen molar-refractivity contribution in [1.82, 2.24) is 9.88 Å². The molecule has 0 amide bonds. The predicted octanol–water partition coefficient (Wildman–Crippen LogP) is 3.21. The lowest BCUT2D eigenvalue weighted by Gasteiger charge is -2.29. The van der Waals surface area contributed by atoms with Crippen LogP contribution in [-0.4, -0.2) is 36.6 Å². The first kappa shape index (κ1) is 16.3. The quantitative estimate of drug-likeness (QED) is 0.885. The fraction of sp³-hybridized carbons (Fsp3) is 0.368. The SMILES string of the molecule is COc1ccccc1[C@H](CNc1ccc(C#N)cn1)N1CCCC1. The Hall–Kier alpha value is -2.58. The zero-order valence-electron chi connectivity index (χ0n) is 13.9. The molecule has 1 aromatic carbocycles. The van der Waals surface area contributed by atoms with Gasteiger partial charge >= 0.3 is 0 Å². The Kier molecular flexibility index (Phi) is 5.29. The van der Waals surface area contributed by atoms with Gasteiger partial charge in [0.2, 0.25) is 0 Å². The van der Waals surface area contributed by atoms with Crippen LogP contribution in [0.4, 0.5) is 5.82 Å². The molecular weight excluding hydrogens is 300 g/mol. The molecule has 0 saturated carbocycles. The van der Waals surface area contributed by atoms with Crippen LogP contribution in [0, 0.1) is 11.3 Å². The van der Waals surface area contributed by atoms with Crippen molar-refractivity contribution in [2.75, 3.05) is 32.1 Å². The average Bonchev–Trinajstić information content (AvgIpc) is 3.17. The van der Waals surface area contributed by atoms with Gasteiger partial charge in [0.25, 0.3) is 0 Å². The standard InChI is InChI=1S/C19H22N4O/c1-24-18-7-3-2-6-16(18)17(23-10-4-5-11-23)14-22-19-9-8-15(12-20)13-21-19/h2-3,6-9,13,17H,4-5,10-11,14H2,1H3,(H,21,22)/t17-/m0/s1. The number of para-hydroxylation sites is 1. The van der Waals surface area contributed by atoms with Crippen molar-refractivity contribution in [3.8, 4) is 11.8 Å². The summed E-state index contributed by atoms with van der Waals surface area (Å²) in [6.07, 6.45) is 4.07. The van der Waals surface area contributed by atoms with E-state index < -0.39 is 0 Å². The first-order valence-electron chi connectivity index (χ1n) is 8.29. The molecule has 124 valence electrons. The largest absolute Gasteiger partial charge is 0.496 e. The Balaban J connectivity index is 1.78. The van der Waals surface area contributed by atoms with Crippen molar-refractivity contribution in [2.45, 2.75) is 18.9 Å². The highest BCUT2D eigenvalue weighted by Gasteiger charge is 2.25. The van der Waals surface area contributed by atoms with E-state index in [1.807, 2.05) is 18.2 Å². The number of anilines is 1. The summed E-state index contributed by atoms with van der Waals surface area (Å²) in [6, 6.07) is 14.2. The van der Waals surface area contributed by atoms with Gasteiger partial charge in [-0.05, 0) is 44.1 Å². The fourth-order valence-corrected chi connectivity index (χ4v) is 3.20. The van der Waals surface area contributed by atoms with Gasteiger partial charge in [0.05, 0.1) is 18.7 Å². The van der Waals surface area contributed by atoms with Crippen LogP contribution in [0.15, 0.2) is 42.6 Å². The first-order chi connectivity index (χ1) is 11.8. The zero-order chi connectivity index (χ0) is 16.8. The number of hydrogen-bond donors (Lipinski definition) is 1. The molecule has 1 aliphatic rings. The lowest BCUT2D eigenvalue weighted by Crippen LogP contribution is -2.31. The second-order valence-corrected chi connectivity index (χ2v) is 5.93. The summed E-state index contributed by atoms with van der Waals surface area (Å²) < 4.78 is 5.56. The van der Waals surface area contributed by atoms with Gasteiger partial charge in [0.15, 0.2) is 0 Å². The summed E-state index contributed by atoms with van der Waals surface area (Å²) in [6.45, 7) is 2.95. The van der Waals surface area contributed by atoms with Crippen molar-refractivity contribution >= 4 is 5.82 Å². The van der Waals surface area contributed by atoms with E-state index in [1.165, 1.54) is 18.4 Å². The monoisotopic (exact) mass is 322 g/mol. The van der Waals surface area contributed by atoms with Crippen molar-refractivity contribution in [2.24, 2.45) is 0 Å². The third-order valence-corrected chi connectivity index (χ3v) is 4.45. The van der Waals surface area contributed by atoms with Gasteiger partial charge in [-0.1, -0.05) is 18.2 Å². The van der Waals surface area contributed by atoms with E-state index in [2.05, 4.69) is 33.4 Å². The lowest BCUT2D eigenvalue weighted by atomic mass is 10.0. The Labute approximate surface area is 142 Å². The number of benzene rings is 1. The molecule has 24 heavy (non-hydrogen) atoms. The van der Waals surface area contributed by atoms with Crippen LogP contribution in [0.5, 0.6) is 5.75 Å². The molecular formula is C19H22N4O. The summed E-state index contributed by atoms with van der Waals surface area (Å²) in [5.41, 5.74) is 1.77. The molecule has 0 unspecified atom stereocenters. The fourth-order valence-electron chi connectivity index (χ4n) is 3.20. The van der Waals surface area contributed by atoms with E-state index in [-0.39, 0.29) is 6.04 Å². The number of nitrogens with one attached hydrogen (secondary N) is 1. The smallest absolute Gasteiger partial charge is 0.126 e. The second kappa shape index (κ2) is 7.80. The highest BCUT2D eigenvalue weighted by Crippen LogP contribution is 2.31. The van der Waals surface area contributed by atoms with Crippen molar-refractivity contribution in [1.29, 1.82) is 5.26 Å². The van der Waals surface area contributed by atoms with Gasteiger partial charge < -0.3 is 10.1 Å². The van der Waals surface area contributed by atoms with Crippen molar-refractivity contribution in [3.05, 3.63) is 53.7 Å². The van der Waals surface area contributed by atoms with Gasteiger partial charge in [0.1, 0.15) is 17.6 Å². The molecule has 2 aromatic rings. The molecule has 1 aliphatic heterocycles. The van der Waals surface area contributed by atoms with Crippen LogP contribution < -0.4 is 10.1 Å². The van der Waals surface area contributed by atoms with Crippen LogP contribution in [0.1, 0.15) is 30.0 Å². The highest BCUT2D eigenvalue weighted by molar-refractivity contribution is 5.41. The molecule has 0 aliphatic carbocycles. The molecule has 2 heterocycles. The van der Waals surface area contributed by atoms with Gasteiger partial charge in [-0.25, -0.2) is 4.98 Å². The summed E-state index contributed by atoms with van der Waals surface area (Å²) in [4.78, 5) is 6.80. The van der Waals surface area contributed by atoms with Crippen LogP contribution >= 0.6 is 0 Å². The minimum absolute atomic E-state index is 0.237. The molecule has 0 radical (unpaired) electrons. The van der Waals surface area contributed by atoms with Crippen LogP contribution in [0.2, 0.25) is 0 Å². The number of rotatable bonds is 6. The molecule has 5 heteroatoms. The van der Waals surface area contributed by atoms with Crippen molar-refractivity contribution < 1.29 is 4.74 Å². The van der Waals surface area contributed by atoms with Crippen LogP contribution in [0.25, 0.3) is 0 Å². The number of methoxy groups -OCH3 is 1. The summed E-state index contributed by atoms with van der Waals surface area (Å²) in [7, 11) is 1.72. The Morgan fingerprint density at radius 3 is 2.71 bits per heavy atom. The average molecular weight is 322 g/mol. The Morgan fingerprint density at radius 1 is 1.25 bits per heavy atom. The van der Waals surface area contributed by atoms with E-state index in [9.17, 15) is 0 Å². The lowest BCUT2D eigenvalue weighted by molar-refractivity contribution is 0.249. The number of hydrogen-bond acceptors (Lipinski definition) is 5. The zero-order valence-corrected chi connectivity index (χ0v) is 13.9. The van der Waals surface area contributed by atoms with E-state index in [0.29, 0.717) is 5.56 Å². The third-order valence-electron chi connectivity index (χ3n) is 4.45. The molecule has 5 nitrogen and oxygen atoms in total. The Morgan fingerprint density at radius 2 is 2.04 bits per heavy atom. The van der Waals surface area contributed by atoms with Gasteiger partial charge in [-0.3, -0.25) is 4.90 Å². The molecule has 1 atom stereocenters. The molecule has 0 bridgehead atoms. The van der Waals surface area contributed by atoms with Crippen molar-refractivity contribution in [3.63, 3.8) is 0 Å². The maximum Gasteiger partial charge on any atom is 0.126 e. The first-order valence-corrected chi connectivity index (χ1v) is 8.29. The molecule has 1 fully saturated rings. The van der Waals surface area contributed by atoms with Crippen LogP contribution in [-0.2, 0) is 0 Å². The topological polar surface area (TPSA) is 61.2 Å². The van der Waals surface area contributed by atoms with Gasteiger partial charge in [-0.15, -0.1) is 0 Å². The molecule has 3 rings (SSSR count). The van der Waals surface area contributed by atoms with Crippen LogP contribution in [0.3, 0.4) is 0 Å². The predicted molar refractivity (Wildman–Crippen MR) is 94.0 cm³/mol. The minimum Gasteiger partial charge on any atom is -0.496 e. The summed E-state index contributed by atoms with van der Waals surface area (Å²) in [5, 5.41) is 12.3. The molecule has 1 saturated heterocycles. The molecule has 0 spiro atoms. The number of nitrogens with zero attached hydrogens (tertiary/aromatic N) is 3. The maximum absolute atomic E-state index is 8.87. The van der Waals surface area contributed by atoms with E-state index >= 15 is 0 Å². The number of aromatic nitrogens is 1. The van der Waals surface area contributed by atoms with E-state index in [0.717, 1.165) is 31.2 Å². The van der Waals surface area contributed by atoms with Gasteiger partial charge in [-0.2, -0.15) is 5.26 Å². The third kappa shape index (κ3) is 3.66.